The molecule has 10 aromatic rings. The van der Waals surface area contributed by atoms with Crippen LogP contribution in [0.4, 0.5) is 17.1 Å². The van der Waals surface area contributed by atoms with Crippen LogP contribution >= 0.6 is 0 Å². The van der Waals surface area contributed by atoms with Gasteiger partial charge in [-0.25, -0.2) is 9.97 Å². The highest BCUT2D eigenvalue weighted by Crippen LogP contribution is 2.39. The second kappa shape index (κ2) is 13.9. The number of hydrogen-bond acceptors (Lipinski definition) is 3. The number of aromatic nitrogens is 2. The average molecular weight is 702 g/mol. The Balaban J connectivity index is 1.07. The third-order valence-corrected chi connectivity index (χ3v) is 10.4. The van der Waals surface area contributed by atoms with Crippen molar-refractivity contribution in [2.75, 3.05) is 4.90 Å². The molecule has 0 aliphatic heterocycles. The molecule has 3 nitrogen and oxygen atoms in total. The molecule has 0 radical (unpaired) electrons. The SMILES string of the molecule is c1ccc(-c2nc3ccc4ccc5ccc(-c6cccc(-c7ccc(N(c8ccccc8)c8ccccc8)cc7)c6)cc5c4c3nc2-c2ccccc2)cc1. The van der Waals surface area contributed by atoms with Gasteiger partial charge in [0.2, 0.25) is 0 Å². The Morgan fingerprint density at radius 3 is 1.40 bits per heavy atom. The lowest BCUT2D eigenvalue weighted by Gasteiger charge is -2.25. The molecule has 0 atom stereocenters. The fraction of sp³-hybridized carbons (Fsp3) is 0. The summed E-state index contributed by atoms with van der Waals surface area (Å²) in [5.74, 6) is 0. The van der Waals surface area contributed by atoms with Crippen molar-refractivity contribution >= 4 is 49.6 Å². The number of fused-ring (bicyclic) bond motifs is 5. The molecule has 0 aliphatic carbocycles. The molecule has 258 valence electrons. The first-order valence-corrected chi connectivity index (χ1v) is 18.7. The minimum absolute atomic E-state index is 0.882. The van der Waals surface area contributed by atoms with E-state index in [9.17, 15) is 0 Å². The van der Waals surface area contributed by atoms with Crippen LogP contribution in [0.2, 0.25) is 0 Å². The van der Waals surface area contributed by atoms with E-state index in [1.54, 1.807) is 0 Å². The molecule has 0 unspecified atom stereocenters. The monoisotopic (exact) mass is 701 g/mol. The van der Waals surface area contributed by atoms with Crippen LogP contribution in [0.15, 0.2) is 212 Å². The van der Waals surface area contributed by atoms with E-state index < -0.39 is 0 Å². The maximum absolute atomic E-state index is 5.45. The summed E-state index contributed by atoms with van der Waals surface area (Å²) in [6, 6.07) is 75.0. The van der Waals surface area contributed by atoms with Crippen molar-refractivity contribution in [1.29, 1.82) is 0 Å². The largest absolute Gasteiger partial charge is 0.311 e. The zero-order chi connectivity index (χ0) is 36.6. The Hall–Kier alpha value is -7.36. The molecule has 0 saturated heterocycles. The molecule has 55 heavy (non-hydrogen) atoms. The maximum atomic E-state index is 5.45. The molecule has 3 heteroatoms. The molecular formula is C52H35N3. The molecule has 0 N–H and O–H groups in total. The summed E-state index contributed by atoms with van der Waals surface area (Å²) in [7, 11) is 0. The summed E-state index contributed by atoms with van der Waals surface area (Å²) in [5, 5.41) is 4.60. The van der Waals surface area contributed by atoms with E-state index in [-0.39, 0.29) is 0 Å². The highest BCUT2D eigenvalue weighted by molar-refractivity contribution is 6.19. The first kappa shape index (κ1) is 32.3. The molecule has 0 amide bonds. The zero-order valence-electron chi connectivity index (χ0n) is 30.0. The second-order valence-corrected chi connectivity index (χ2v) is 13.8. The number of anilines is 3. The minimum Gasteiger partial charge on any atom is -0.311 e. The Labute approximate surface area is 320 Å². The van der Waals surface area contributed by atoms with Crippen LogP contribution in [0, 0.1) is 0 Å². The topological polar surface area (TPSA) is 29.0 Å². The standard InChI is InChI=1S/C52H35N3/c1-5-14-39(15-6-1)50-51(40-16-7-2-8-17-40)54-52-48(53-50)33-30-38-26-24-37-25-27-43(35-47(37)49(38)52)42-19-13-18-41(34-42)36-28-31-46(32-29-36)55(44-20-9-3-10-21-44)45-22-11-4-12-23-45/h1-35H. The summed E-state index contributed by atoms with van der Waals surface area (Å²) < 4.78 is 0. The van der Waals surface area contributed by atoms with Crippen LogP contribution < -0.4 is 4.90 Å². The van der Waals surface area contributed by atoms with Crippen molar-refractivity contribution < 1.29 is 0 Å². The van der Waals surface area contributed by atoms with Gasteiger partial charge in [-0.2, -0.15) is 0 Å². The third-order valence-electron chi connectivity index (χ3n) is 10.4. The van der Waals surface area contributed by atoms with E-state index in [0.29, 0.717) is 0 Å². The minimum atomic E-state index is 0.882. The summed E-state index contributed by atoms with van der Waals surface area (Å²) in [6.45, 7) is 0. The number of para-hydroxylation sites is 2. The highest BCUT2D eigenvalue weighted by Gasteiger charge is 2.17. The Morgan fingerprint density at radius 2 is 0.764 bits per heavy atom. The molecular weight excluding hydrogens is 667 g/mol. The molecule has 0 saturated carbocycles. The molecule has 1 heterocycles. The van der Waals surface area contributed by atoms with E-state index >= 15 is 0 Å². The van der Waals surface area contributed by atoms with Crippen LogP contribution in [0.1, 0.15) is 0 Å². The van der Waals surface area contributed by atoms with Gasteiger partial charge in [-0.1, -0.05) is 158 Å². The fourth-order valence-corrected chi connectivity index (χ4v) is 7.71. The number of benzene rings is 9. The summed E-state index contributed by atoms with van der Waals surface area (Å²) in [6.07, 6.45) is 0. The molecule has 0 bridgehead atoms. The van der Waals surface area contributed by atoms with Gasteiger partial charge in [0.15, 0.2) is 0 Å². The Morgan fingerprint density at radius 1 is 0.309 bits per heavy atom. The van der Waals surface area contributed by atoms with Gasteiger partial charge in [0.25, 0.3) is 0 Å². The van der Waals surface area contributed by atoms with Crippen molar-refractivity contribution in [3.05, 3.63) is 212 Å². The lowest BCUT2D eigenvalue weighted by molar-refractivity contribution is 1.28. The first-order chi connectivity index (χ1) is 27.3. The average Bonchev–Trinajstić information content (AvgIpc) is 3.27. The molecule has 0 fully saturated rings. The first-order valence-electron chi connectivity index (χ1n) is 18.7. The van der Waals surface area contributed by atoms with Gasteiger partial charge in [0, 0.05) is 33.6 Å². The lowest BCUT2D eigenvalue weighted by Crippen LogP contribution is -2.09. The number of hydrogen-bond donors (Lipinski definition) is 0. The normalized spacial score (nSPS) is 11.3. The van der Waals surface area contributed by atoms with Crippen molar-refractivity contribution in [1.82, 2.24) is 9.97 Å². The van der Waals surface area contributed by atoms with Crippen LogP contribution in [0.25, 0.3) is 77.3 Å². The van der Waals surface area contributed by atoms with E-state index in [1.807, 2.05) is 12.1 Å². The van der Waals surface area contributed by atoms with Gasteiger partial charge in [0.05, 0.1) is 22.4 Å². The van der Waals surface area contributed by atoms with Crippen molar-refractivity contribution in [2.45, 2.75) is 0 Å². The number of nitrogens with zero attached hydrogens (tertiary/aromatic N) is 3. The molecule has 9 aromatic carbocycles. The zero-order valence-corrected chi connectivity index (χ0v) is 30.0. The van der Waals surface area contributed by atoms with Gasteiger partial charge < -0.3 is 4.90 Å². The summed E-state index contributed by atoms with van der Waals surface area (Å²) >= 11 is 0. The maximum Gasteiger partial charge on any atom is 0.0979 e. The van der Waals surface area contributed by atoms with Crippen molar-refractivity contribution in [3.8, 4) is 44.8 Å². The van der Waals surface area contributed by atoms with Gasteiger partial charge in [0.1, 0.15) is 0 Å². The summed E-state index contributed by atoms with van der Waals surface area (Å²) in [4.78, 5) is 13.0. The van der Waals surface area contributed by atoms with E-state index in [2.05, 4.69) is 205 Å². The van der Waals surface area contributed by atoms with Gasteiger partial charge >= 0.3 is 0 Å². The Bertz CT molecular complexity index is 2900. The van der Waals surface area contributed by atoms with Gasteiger partial charge in [-0.05, 0) is 93.0 Å². The smallest absolute Gasteiger partial charge is 0.0979 e. The Kier molecular flexibility index (Phi) is 8.16. The molecule has 0 aliphatic rings. The third kappa shape index (κ3) is 6.08. The second-order valence-electron chi connectivity index (χ2n) is 13.8. The molecule has 10 rings (SSSR count). The lowest BCUT2D eigenvalue weighted by atomic mass is 9.94. The highest BCUT2D eigenvalue weighted by atomic mass is 15.1. The predicted octanol–water partition coefficient (Wildman–Crippen LogP) is 14.1. The van der Waals surface area contributed by atoms with Gasteiger partial charge in [-0.15, -0.1) is 0 Å². The van der Waals surface area contributed by atoms with Crippen LogP contribution in [0.3, 0.4) is 0 Å². The van der Waals surface area contributed by atoms with E-state index in [4.69, 9.17) is 9.97 Å². The van der Waals surface area contributed by atoms with E-state index in [0.717, 1.165) is 72.3 Å². The van der Waals surface area contributed by atoms with Crippen LogP contribution in [0.5, 0.6) is 0 Å². The molecule has 1 aromatic heterocycles. The quantitative estimate of drug-likeness (QED) is 0.155. The number of rotatable bonds is 7. The van der Waals surface area contributed by atoms with Crippen LogP contribution in [-0.4, -0.2) is 9.97 Å². The predicted molar refractivity (Wildman–Crippen MR) is 231 cm³/mol. The summed E-state index contributed by atoms with van der Waals surface area (Å²) in [5.41, 5.74) is 13.7. The van der Waals surface area contributed by atoms with Gasteiger partial charge in [-0.3, -0.25) is 0 Å². The van der Waals surface area contributed by atoms with Crippen molar-refractivity contribution in [2.24, 2.45) is 0 Å². The van der Waals surface area contributed by atoms with Crippen molar-refractivity contribution in [3.63, 3.8) is 0 Å². The van der Waals surface area contributed by atoms with E-state index in [1.165, 1.54) is 22.1 Å². The fourth-order valence-electron chi connectivity index (χ4n) is 7.71. The molecule has 0 spiro atoms. The van der Waals surface area contributed by atoms with Crippen LogP contribution in [-0.2, 0) is 0 Å².